The maximum Gasteiger partial charge on any atom is 0.307 e. The minimum absolute atomic E-state index is 0.200. The summed E-state index contributed by atoms with van der Waals surface area (Å²) >= 11 is 6.17. The molecule has 7 heteroatoms. The molecule has 0 radical (unpaired) electrons. The number of halogens is 1. The number of para-hydroxylation sites is 1. The average molecular weight is 351 g/mol. The van der Waals surface area contributed by atoms with E-state index in [0.717, 1.165) is 6.42 Å². The van der Waals surface area contributed by atoms with Gasteiger partial charge in [-0.3, -0.25) is 14.4 Å². The second kappa shape index (κ2) is 6.81. The van der Waals surface area contributed by atoms with E-state index in [2.05, 4.69) is 5.32 Å². The lowest BCUT2D eigenvalue weighted by atomic mass is 9.73. The number of benzene rings is 1. The third kappa shape index (κ3) is 3.11. The Kier molecular flexibility index (Phi) is 4.76. The lowest BCUT2D eigenvalue weighted by Gasteiger charge is -2.36. The summed E-state index contributed by atoms with van der Waals surface area (Å²) in [5.41, 5.74) is 0.634. The van der Waals surface area contributed by atoms with Crippen LogP contribution in [0.1, 0.15) is 25.7 Å². The number of carbonyl (C=O) groups excluding carboxylic acids is 2. The van der Waals surface area contributed by atoms with E-state index in [1.54, 1.807) is 23.1 Å². The molecule has 1 aromatic rings. The minimum atomic E-state index is -0.950. The first kappa shape index (κ1) is 16.8. The molecule has 1 aromatic carbocycles. The Morgan fingerprint density at radius 3 is 2.50 bits per heavy atom. The van der Waals surface area contributed by atoms with Crippen LogP contribution in [0.3, 0.4) is 0 Å². The highest BCUT2D eigenvalue weighted by Crippen LogP contribution is 2.35. The number of rotatable bonds is 4. The van der Waals surface area contributed by atoms with Gasteiger partial charge in [0.2, 0.25) is 11.8 Å². The molecule has 2 fully saturated rings. The van der Waals surface area contributed by atoms with Gasteiger partial charge in [-0.15, -0.1) is 0 Å². The number of carboxylic acid groups (broad SMARTS) is 1. The molecular formula is C17H19ClN2O4. The lowest BCUT2D eigenvalue weighted by molar-refractivity contribution is -0.153. The zero-order valence-electron chi connectivity index (χ0n) is 13.1. The quantitative estimate of drug-likeness (QED) is 0.870. The normalized spacial score (nSPS) is 26.6. The molecule has 3 rings (SSSR count). The summed E-state index contributed by atoms with van der Waals surface area (Å²) in [6.45, 7) is 0.552. The molecule has 0 bridgehead atoms. The summed E-state index contributed by atoms with van der Waals surface area (Å²) in [5.74, 6) is -2.66. The third-order valence-electron chi connectivity index (χ3n) is 4.83. The molecule has 2 aliphatic rings. The van der Waals surface area contributed by atoms with Crippen LogP contribution in [-0.2, 0) is 14.4 Å². The number of nitrogens with zero attached hydrogens (tertiary/aromatic N) is 1. The zero-order chi connectivity index (χ0) is 17.3. The number of aliphatic carboxylic acids is 1. The van der Waals surface area contributed by atoms with Gasteiger partial charge in [0.25, 0.3) is 0 Å². The van der Waals surface area contributed by atoms with Crippen LogP contribution in [0.4, 0.5) is 5.69 Å². The largest absolute Gasteiger partial charge is 0.481 e. The minimum Gasteiger partial charge on any atom is -0.481 e. The van der Waals surface area contributed by atoms with Gasteiger partial charge in [0.15, 0.2) is 0 Å². The van der Waals surface area contributed by atoms with E-state index in [1.807, 2.05) is 6.07 Å². The highest BCUT2D eigenvalue weighted by Gasteiger charge is 2.43. The van der Waals surface area contributed by atoms with Crippen LogP contribution in [0.15, 0.2) is 24.3 Å². The molecular weight excluding hydrogens is 332 g/mol. The summed E-state index contributed by atoms with van der Waals surface area (Å²) in [6, 6.07) is 6.47. The van der Waals surface area contributed by atoms with E-state index >= 15 is 0 Å². The maximum absolute atomic E-state index is 12.7. The molecule has 128 valence electrons. The molecule has 1 aliphatic heterocycles. The van der Waals surface area contributed by atoms with E-state index < -0.39 is 23.8 Å². The van der Waals surface area contributed by atoms with Gasteiger partial charge >= 0.3 is 5.97 Å². The number of anilines is 1. The highest BCUT2D eigenvalue weighted by atomic mass is 35.5. The van der Waals surface area contributed by atoms with Gasteiger partial charge in [0, 0.05) is 6.54 Å². The van der Waals surface area contributed by atoms with Gasteiger partial charge in [-0.2, -0.15) is 0 Å². The number of carbonyl (C=O) groups is 3. The molecule has 2 amide bonds. The monoisotopic (exact) mass is 350 g/mol. The first-order valence-corrected chi connectivity index (χ1v) is 8.46. The van der Waals surface area contributed by atoms with E-state index in [9.17, 15) is 14.4 Å². The lowest BCUT2D eigenvalue weighted by Crippen LogP contribution is -2.55. The predicted octanol–water partition coefficient (Wildman–Crippen LogP) is 2.06. The van der Waals surface area contributed by atoms with Crippen molar-refractivity contribution < 1.29 is 19.5 Å². The first-order chi connectivity index (χ1) is 11.5. The van der Waals surface area contributed by atoms with Crippen molar-refractivity contribution in [1.82, 2.24) is 5.32 Å². The third-order valence-corrected chi connectivity index (χ3v) is 5.15. The number of piperidine rings is 1. The summed E-state index contributed by atoms with van der Waals surface area (Å²) in [6.07, 6.45) is 2.36. The van der Waals surface area contributed by atoms with Crippen molar-refractivity contribution in [3.63, 3.8) is 0 Å². The molecule has 1 saturated carbocycles. The fourth-order valence-corrected chi connectivity index (χ4v) is 3.54. The summed E-state index contributed by atoms with van der Waals surface area (Å²) in [5, 5.41) is 12.3. The molecule has 2 N–H and O–H groups in total. The molecule has 0 aromatic heterocycles. The van der Waals surface area contributed by atoms with Gasteiger partial charge in [0.05, 0.1) is 22.5 Å². The topological polar surface area (TPSA) is 86.7 Å². The fraction of sp³-hybridized carbons (Fsp3) is 0.471. The second-order valence-corrected chi connectivity index (χ2v) is 6.68. The van der Waals surface area contributed by atoms with Gasteiger partial charge in [-0.1, -0.05) is 23.7 Å². The van der Waals surface area contributed by atoms with Crippen LogP contribution < -0.4 is 10.2 Å². The smallest absolute Gasteiger partial charge is 0.307 e. The van der Waals surface area contributed by atoms with Crippen molar-refractivity contribution in [2.24, 2.45) is 11.8 Å². The molecule has 24 heavy (non-hydrogen) atoms. The second-order valence-electron chi connectivity index (χ2n) is 6.27. The van der Waals surface area contributed by atoms with Gasteiger partial charge < -0.3 is 15.3 Å². The maximum atomic E-state index is 12.7. The SMILES string of the molecule is O=C(O)C1CCC1C(=O)NC1CCCN(c2ccccc2Cl)C1=O. The van der Waals surface area contributed by atoms with Crippen molar-refractivity contribution in [2.75, 3.05) is 11.4 Å². The van der Waals surface area contributed by atoms with Crippen molar-refractivity contribution in [1.29, 1.82) is 0 Å². The molecule has 0 spiro atoms. The fourth-order valence-electron chi connectivity index (χ4n) is 3.31. The van der Waals surface area contributed by atoms with E-state index in [4.69, 9.17) is 16.7 Å². The summed E-state index contributed by atoms with van der Waals surface area (Å²) in [7, 11) is 0. The molecule has 3 atom stereocenters. The van der Waals surface area contributed by atoms with E-state index in [1.165, 1.54) is 0 Å². The number of hydrogen-bond donors (Lipinski definition) is 2. The summed E-state index contributed by atoms with van der Waals surface area (Å²) in [4.78, 5) is 37.6. The summed E-state index contributed by atoms with van der Waals surface area (Å²) < 4.78 is 0. The number of amides is 2. The van der Waals surface area contributed by atoms with Crippen LogP contribution in [-0.4, -0.2) is 35.5 Å². The Labute approximate surface area is 144 Å². The van der Waals surface area contributed by atoms with Crippen molar-refractivity contribution in [2.45, 2.75) is 31.7 Å². The van der Waals surface area contributed by atoms with Gasteiger partial charge in [-0.25, -0.2) is 0 Å². The van der Waals surface area contributed by atoms with Crippen LogP contribution in [0.2, 0.25) is 5.02 Å². The number of hydrogen-bond acceptors (Lipinski definition) is 3. The molecule has 1 saturated heterocycles. The van der Waals surface area contributed by atoms with Crippen molar-refractivity contribution >= 4 is 35.1 Å². The van der Waals surface area contributed by atoms with Crippen LogP contribution in [0.5, 0.6) is 0 Å². The molecule has 1 aliphatic carbocycles. The average Bonchev–Trinajstić information content (AvgIpc) is 2.48. The Balaban J connectivity index is 1.68. The predicted molar refractivity (Wildman–Crippen MR) is 88.8 cm³/mol. The van der Waals surface area contributed by atoms with Crippen LogP contribution in [0, 0.1) is 11.8 Å². The van der Waals surface area contributed by atoms with Gasteiger partial charge in [-0.05, 0) is 37.8 Å². The Hall–Kier alpha value is -2.08. The standard InChI is InChI=1S/C17H19ClN2O4/c18-12-4-1-2-6-14(12)20-9-3-5-13(16(20)22)19-15(21)10-7-8-11(10)17(23)24/h1-2,4,6,10-11,13H,3,5,7-9H2,(H,19,21)(H,23,24). The van der Waals surface area contributed by atoms with E-state index in [0.29, 0.717) is 36.5 Å². The van der Waals surface area contributed by atoms with Gasteiger partial charge in [0.1, 0.15) is 6.04 Å². The number of nitrogens with one attached hydrogen (secondary N) is 1. The first-order valence-electron chi connectivity index (χ1n) is 8.08. The molecule has 3 unspecified atom stereocenters. The Bertz CT molecular complexity index is 678. The molecule has 6 nitrogen and oxygen atoms in total. The van der Waals surface area contributed by atoms with Crippen molar-refractivity contribution in [3.8, 4) is 0 Å². The Morgan fingerprint density at radius 1 is 1.17 bits per heavy atom. The van der Waals surface area contributed by atoms with E-state index in [-0.39, 0.29) is 11.8 Å². The van der Waals surface area contributed by atoms with Crippen LogP contribution in [0.25, 0.3) is 0 Å². The Morgan fingerprint density at radius 2 is 1.88 bits per heavy atom. The zero-order valence-corrected chi connectivity index (χ0v) is 13.8. The molecule has 1 heterocycles. The number of carboxylic acids is 1. The van der Waals surface area contributed by atoms with Crippen molar-refractivity contribution in [3.05, 3.63) is 29.3 Å². The van der Waals surface area contributed by atoms with Crippen LogP contribution >= 0.6 is 11.6 Å². The highest BCUT2D eigenvalue weighted by molar-refractivity contribution is 6.33.